The van der Waals surface area contributed by atoms with Gasteiger partial charge in [-0.3, -0.25) is 14.4 Å². The maximum Gasteiger partial charge on any atom is 0.323 e. The molecule has 1 fully saturated rings. The number of aliphatic hydroxyl groups excluding tert-OH is 1. The number of hydrogen-bond donors (Lipinski definition) is 2. The lowest BCUT2D eigenvalue weighted by atomic mass is 9.95. The largest absolute Gasteiger partial charge is 0.507 e. The number of benzene rings is 2. The molecule has 1 saturated heterocycles. The third-order valence-electron chi connectivity index (χ3n) is 4.36. The maximum atomic E-state index is 13.3. The molecule has 2 aromatic carbocycles. The predicted octanol–water partition coefficient (Wildman–Crippen LogP) is 2.64. The highest BCUT2D eigenvalue weighted by Crippen LogP contribution is 2.39. The van der Waals surface area contributed by atoms with Crippen molar-refractivity contribution in [2.45, 2.75) is 13.0 Å². The molecule has 0 aromatic heterocycles. The van der Waals surface area contributed by atoms with Crippen molar-refractivity contribution in [3.8, 4) is 0 Å². The number of carboxylic acid groups (broad SMARTS) is 1. The van der Waals surface area contributed by atoms with E-state index in [9.17, 15) is 23.9 Å². The second-order valence-electron chi connectivity index (χ2n) is 6.24. The van der Waals surface area contributed by atoms with Gasteiger partial charge in [0.1, 0.15) is 18.1 Å². The quantitative estimate of drug-likeness (QED) is 0.491. The topological polar surface area (TPSA) is 94.9 Å². The Kier molecular flexibility index (Phi) is 4.77. The fourth-order valence-electron chi connectivity index (χ4n) is 3.05. The zero-order valence-electron chi connectivity index (χ0n) is 14.3. The SMILES string of the molecule is Cc1ccc(C(O)=C2C(=O)C(=O)N(CC(=O)O)[C@H]2c2ccc(F)cc2)cc1. The molecule has 27 heavy (non-hydrogen) atoms. The number of likely N-dealkylation sites (tertiary alicyclic amines) is 1. The average Bonchev–Trinajstić information content (AvgIpc) is 2.87. The zero-order valence-corrected chi connectivity index (χ0v) is 14.3. The molecule has 1 heterocycles. The van der Waals surface area contributed by atoms with Crippen LogP contribution in [-0.2, 0) is 14.4 Å². The number of ketones is 1. The van der Waals surface area contributed by atoms with Crippen LogP contribution in [0.2, 0.25) is 0 Å². The lowest BCUT2D eigenvalue weighted by molar-refractivity contribution is -0.146. The third kappa shape index (κ3) is 3.44. The van der Waals surface area contributed by atoms with E-state index in [0.717, 1.165) is 22.6 Å². The molecular weight excluding hydrogens is 353 g/mol. The zero-order chi connectivity index (χ0) is 19.7. The van der Waals surface area contributed by atoms with Gasteiger partial charge in [-0.1, -0.05) is 42.0 Å². The van der Waals surface area contributed by atoms with E-state index < -0.39 is 41.8 Å². The van der Waals surface area contributed by atoms with E-state index in [1.54, 1.807) is 24.3 Å². The first-order valence-corrected chi connectivity index (χ1v) is 8.12. The van der Waals surface area contributed by atoms with Crippen LogP contribution in [0.1, 0.15) is 22.7 Å². The second kappa shape index (κ2) is 7.03. The van der Waals surface area contributed by atoms with Crippen molar-refractivity contribution in [2.24, 2.45) is 0 Å². The molecule has 3 rings (SSSR count). The third-order valence-corrected chi connectivity index (χ3v) is 4.36. The van der Waals surface area contributed by atoms with Crippen molar-refractivity contribution in [3.05, 3.63) is 76.6 Å². The minimum atomic E-state index is -1.31. The molecule has 138 valence electrons. The molecule has 0 saturated carbocycles. The van der Waals surface area contributed by atoms with E-state index in [0.29, 0.717) is 11.1 Å². The van der Waals surface area contributed by atoms with Crippen LogP contribution in [0.15, 0.2) is 54.1 Å². The van der Waals surface area contributed by atoms with Gasteiger partial charge in [0, 0.05) is 5.56 Å². The van der Waals surface area contributed by atoms with Gasteiger partial charge in [0.2, 0.25) is 0 Å². The Morgan fingerprint density at radius 2 is 1.63 bits per heavy atom. The number of aliphatic carboxylic acids is 1. The summed E-state index contributed by atoms with van der Waals surface area (Å²) in [6.07, 6.45) is 0. The molecular formula is C20H16FNO5. The maximum absolute atomic E-state index is 13.3. The first-order chi connectivity index (χ1) is 12.8. The van der Waals surface area contributed by atoms with Crippen LogP contribution in [0.5, 0.6) is 0 Å². The Bertz CT molecular complexity index is 947. The fourth-order valence-corrected chi connectivity index (χ4v) is 3.05. The smallest absolute Gasteiger partial charge is 0.323 e. The van der Waals surface area contributed by atoms with Crippen molar-refractivity contribution in [1.82, 2.24) is 4.90 Å². The van der Waals surface area contributed by atoms with Crippen molar-refractivity contribution in [3.63, 3.8) is 0 Å². The summed E-state index contributed by atoms with van der Waals surface area (Å²) < 4.78 is 13.3. The fraction of sp³-hybridized carbons (Fsp3) is 0.150. The molecule has 6 nitrogen and oxygen atoms in total. The molecule has 1 aliphatic heterocycles. The van der Waals surface area contributed by atoms with E-state index in [-0.39, 0.29) is 5.57 Å². The lowest BCUT2D eigenvalue weighted by Crippen LogP contribution is -2.34. The molecule has 0 bridgehead atoms. The monoisotopic (exact) mass is 369 g/mol. The van der Waals surface area contributed by atoms with Crippen LogP contribution in [0, 0.1) is 12.7 Å². The molecule has 0 radical (unpaired) electrons. The van der Waals surface area contributed by atoms with Crippen LogP contribution in [0.25, 0.3) is 5.76 Å². The Balaban J connectivity index is 2.19. The van der Waals surface area contributed by atoms with E-state index in [1.807, 2.05) is 6.92 Å². The van der Waals surface area contributed by atoms with Gasteiger partial charge in [0.05, 0.1) is 11.6 Å². The van der Waals surface area contributed by atoms with E-state index in [4.69, 9.17) is 5.11 Å². The summed E-state index contributed by atoms with van der Waals surface area (Å²) >= 11 is 0. The first kappa shape index (κ1) is 18.3. The summed E-state index contributed by atoms with van der Waals surface area (Å²) in [5.41, 5.74) is 1.36. The van der Waals surface area contributed by atoms with Crippen molar-refractivity contribution in [2.75, 3.05) is 6.54 Å². The van der Waals surface area contributed by atoms with Gasteiger partial charge in [-0.2, -0.15) is 0 Å². The van der Waals surface area contributed by atoms with Gasteiger partial charge in [0.25, 0.3) is 11.7 Å². The van der Waals surface area contributed by atoms with Gasteiger partial charge < -0.3 is 15.1 Å². The minimum Gasteiger partial charge on any atom is -0.507 e. The average molecular weight is 369 g/mol. The van der Waals surface area contributed by atoms with Gasteiger partial charge in [-0.05, 0) is 24.6 Å². The summed E-state index contributed by atoms with van der Waals surface area (Å²) in [6.45, 7) is 1.13. The van der Waals surface area contributed by atoms with Crippen molar-refractivity contribution in [1.29, 1.82) is 0 Å². The van der Waals surface area contributed by atoms with Crippen LogP contribution in [0.3, 0.4) is 0 Å². The Labute approximate surface area is 154 Å². The minimum absolute atomic E-state index is 0.225. The number of carboxylic acids is 1. The molecule has 0 spiro atoms. The van der Waals surface area contributed by atoms with Gasteiger partial charge in [-0.15, -0.1) is 0 Å². The van der Waals surface area contributed by atoms with Crippen LogP contribution in [-0.4, -0.2) is 39.3 Å². The van der Waals surface area contributed by atoms with Crippen molar-refractivity contribution >= 4 is 23.4 Å². The van der Waals surface area contributed by atoms with Crippen LogP contribution in [0.4, 0.5) is 4.39 Å². The predicted molar refractivity (Wildman–Crippen MR) is 94.2 cm³/mol. The summed E-state index contributed by atoms with van der Waals surface area (Å²) in [7, 11) is 0. The Hall–Kier alpha value is -3.48. The highest BCUT2D eigenvalue weighted by Gasteiger charge is 2.46. The number of Topliss-reactive ketones (excluding diaryl/α,β-unsaturated/α-hetero) is 1. The highest BCUT2D eigenvalue weighted by atomic mass is 19.1. The molecule has 2 N–H and O–H groups in total. The highest BCUT2D eigenvalue weighted by molar-refractivity contribution is 6.46. The first-order valence-electron chi connectivity index (χ1n) is 8.12. The van der Waals surface area contributed by atoms with E-state index >= 15 is 0 Å². The van der Waals surface area contributed by atoms with Gasteiger partial charge in [0.15, 0.2) is 0 Å². The lowest BCUT2D eigenvalue weighted by Gasteiger charge is -2.23. The molecule has 1 atom stereocenters. The number of nitrogens with zero attached hydrogens (tertiary/aromatic N) is 1. The summed E-state index contributed by atoms with van der Waals surface area (Å²) in [5.74, 6) is -4.24. The number of halogens is 1. The molecule has 1 aliphatic rings. The molecule has 1 amide bonds. The van der Waals surface area contributed by atoms with Crippen LogP contribution < -0.4 is 0 Å². The number of carbonyl (C=O) groups is 3. The second-order valence-corrected chi connectivity index (χ2v) is 6.24. The Morgan fingerprint density at radius 1 is 1.04 bits per heavy atom. The normalized spacial score (nSPS) is 18.7. The number of aliphatic hydroxyl groups is 1. The van der Waals surface area contributed by atoms with Crippen LogP contribution >= 0.6 is 0 Å². The summed E-state index contributed by atoms with van der Waals surface area (Å²) in [4.78, 5) is 37.0. The van der Waals surface area contributed by atoms with Gasteiger partial charge >= 0.3 is 5.97 Å². The number of carbonyl (C=O) groups excluding carboxylic acids is 2. The van der Waals surface area contributed by atoms with Gasteiger partial charge in [-0.25, -0.2) is 4.39 Å². The van der Waals surface area contributed by atoms with Crippen molar-refractivity contribution < 1.29 is 29.0 Å². The van der Waals surface area contributed by atoms with E-state index in [2.05, 4.69) is 0 Å². The van der Waals surface area contributed by atoms with E-state index in [1.165, 1.54) is 12.1 Å². The number of aryl methyl sites for hydroxylation is 1. The summed E-state index contributed by atoms with van der Waals surface area (Å²) in [6, 6.07) is 10.5. The summed E-state index contributed by atoms with van der Waals surface area (Å²) in [5, 5.41) is 19.8. The number of rotatable bonds is 4. The molecule has 7 heteroatoms. The molecule has 2 aromatic rings. The Morgan fingerprint density at radius 3 is 2.19 bits per heavy atom. The molecule has 0 unspecified atom stereocenters. The number of hydrogen-bond acceptors (Lipinski definition) is 4. The molecule has 0 aliphatic carbocycles. The standard InChI is InChI=1S/C20H16FNO5/c1-11-2-4-13(5-3-11)18(25)16-17(12-6-8-14(21)9-7-12)22(10-15(23)24)20(27)19(16)26/h2-9,17,25H,10H2,1H3,(H,23,24)/t17-/m0/s1. The number of amides is 1.